The third kappa shape index (κ3) is 3.63. The van der Waals surface area contributed by atoms with Crippen molar-refractivity contribution in [3.05, 3.63) is 24.3 Å². The van der Waals surface area contributed by atoms with Gasteiger partial charge in [-0.15, -0.1) is 0 Å². The highest BCUT2D eigenvalue weighted by atomic mass is 16.5. The zero-order valence-corrected chi connectivity index (χ0v) is 10.5. The van der Waals surface area contributed by atoms with Crippen molar-refractivity contribution in [3.63, 3.8) is 0 Å². The number of nitrogens with one attached hydrogen (secondary N) is 1. The Labute approximate surface area is 103 Å². The lowest BCUT2D eigenvalue weighted by atomic mass is 9.86. The fraction of sp³-hybridized carbons (Fsp3) is 0.571. The van der Waals surface area contributed by atoms with Crippen molar-refractivity contribution < 1.29 is 4.74 Å². The van der Waals surface area contributed by atoms with E-state index in [1.807, 2.05) is 18.2 Å². The van der Waals surface area contributed by atoms with Gasteiger partial charge in [-0.2, -0.15) is 0 Å². The second-order valence-electron chi connectivity index (χ2n) is 4.91. The smallest absolute Gasteiger partial charge is 0.120 e. The number of methoxy groups -OCH3 is 1. The largest absolute Gasteiger partial charge is 0.497 e. The summed E-state index contributed by atoms with van der Waals surface area (Å²) in [6.45, 7) is 1.01. The molecule has 0 saturated heterocycles. The number of nitrogens with two attached hydrogens (primary N) is 1. The Morgan fingerprint density at radius 3 is 3.06 bits per heavy atom. The van der Waals surface area contributed by atoms with Crippen molar-refractivity contribution in [2.45, 2.75) is 31.7 Å². The van der Waals surface area contributed by atoms with Gasteiger partial charge in [0.1, 0.15) is 5.75 Å². The third-order valence-corrected chi connectivity index (χ3v) is 3.49. The van der Waals surface area contributed by atoms with Gasteiger partial charge in [0.25, 0.3) is 0 Å². The number of anilines is 1. The Kier molecular flexibility index (Phi) is 4.26. The van der Waals surface area contributed by atoms with E-state index < -0.39 is 0 Å². The number of rotatable bonds is 4. The van der Waals surface area contributed by atoms with E-state index in [0.717, 1.165) is 24.4 Å². The fourth-order valence-corrected chi connectivity index (χ4v) is 2.51. The minimum atomic E-state index is 0.404. The lowest BCUT2D eigenvalue weighted by molar-refractivity contribution is 0.335. The monoisotopic (exact) mass is 234 g/mol. The van der Waals surface area contributed by atoms with E-state index in [1.165, 1.54) is 19.3 Å². The van der Waals surface area contributed by atoms with E-state index in [1.54, 1.807) is 7.11 Å². The van der Waals surface area contributed by atoms with E-state index in [-0.39, 0.29) is 0 Å². The van der Waals surface area contributed by atoms with Gasteiger partial charge in [-0.3, -0.25) is 0 Å². The van der Waals surface area contributed by atoms with E-state index in [4.69, 9.17) is 10.5 Å². The SMILES string of the molecule is COc1cccc(NCC2CCCC(N)C2)c1. The van der Waals surface area contributed by atoms with Gasteiger partial charge in [0.15, 0.2) is 0 Å². The molecule has 2 rings (SSSR count). The van der Waals surface area contributed by atoms with Crippen molar-refractivity contribution in [1.29, 1.82) is 0 Å². The first-order valence-corrected chi connectivity index (χ1v) is 6.41. The molecule has 1 aliphatic rings. The van der Waals surface area contributed by atoms with Crippen LogP contribution in [0.3, 0.4) is 0 Å². The molecule has 0 spiro atoms. The maximum Gasteiger partial charge on any atom is 0.120 e. The molecule has 1 aromatic rings. The topological polar surface area (TPSA) is 47.3 Å². The first-order valence-electron chi connectivity index (χ1n) is 6.41. The lowest BCUT2D eigenvalue weighted by Gasteiger charge is -2.27. The van der Waals surface area contributed by atoms with Gasteiger partial charge in [-0.25, -0.2) is 0 Å². The molecule has 1 fully saturated rings. The molecule has 0 heterocycles. The molecule has 2 unspecified atom stereocenters. The Balaban J connectivity index is 1.84. The van der Waals surface area contributed by atoms with Gasteiger partial charge in [0.2, 0.25) is 0 Å². The normalized spacial score (nSPS) is 24.4. The average Bonchev–Trinajstić information content (AvgIpc) is 2.37. The first-order chi connectivity index (χ1) is 8.28. The minimum Gasteiger partial charge on any atom is -0.497 e. The highest BCUT2D eigenvalue weighted by Crippen LogP contribution is 2.24. The molecule has 0 radical (unpaired) electrons. The van der Waals surface area contributed by atoms with Gasteiger partial charge in [-0.1, -0.05) is 12.5 Å². The predicted molar refractivity (Wildman–Crippen MR) is 71.4 cm³/mol. The molecule has 0 aliphatic heterocycles. The van der Waals surface area contributed by atoms with Crippen molar-refractivity contribution in [2.75, 3.05) is 19.0 Å². The van der Waals surface area contributed by atoms with Crippen molar-refractivity contribution in [2.24, 2.45) is 11.7 Å². The molecule has 0 aromatic heterocycles. The molecule has 3 nitrogen and oxygen atoms in total. The van der Waals surface area contributed by atoms with Crippen LogP contribution >= 0.6 is 0 Å². The quantitative estimate of drug-likeness (QED) is 0.842. The maximum atomic E-state index is 5.99. The molecule has 0 bridgehead atoms. The van der Waals surface area contributed by atoms with E-state index in [0.29, 0.717) is 12.0 Å². The minimum absolute atomic E-state index is 0.404. The van der Waals surface area contributed by atoms with Gasteiger partial charge in [-0.05, 0) is 37.3 Å². The van der Waals surface area contributed by atoms with Crippen LogP contribution in [-0.4, -0.2) is 19.7 Å². The highest BCUT2D eigenvalue weighted by Gasteiger charge is 2.18. The Morgan fingerprint density at radius 1 is 1.41 bits per heavy atom. The summed E-state index contributed by atoms with van der Waals surface area (Å²) in [6.07, 6.45) is 4.91. The zero-order valence-electron chi connectivity index (χ0n) is 10.5. The molecule has 3 heteroatoms. The molecule has 1 aliphatic carbocycles. The van der Waals surface area contributed by atoms with Crippen LogP contribution in [0.25, 0.3) is 0 Å². The molecule has 0 amide bonds. The third-order valence-electron chi connectivity index (χ3n) is 3.49. The fourth-order valence-electron chi connectivity index (χ4n) is 2.51. The Morgan fingerprint density at radius 2 is 2.29 bits per heavy atom. The number of hydrogen-bond acceptors (Lipinski definition) is 3. The summed E-state index contributed by atoms with van der Waals surface area (Å²) in [5.74, 6) is 1.61. The molecule has 2 atom stereocenters. The van der Waals surface area contributed by atoms with Crippen LogP contribution in [-0.2, 0) is 0 Å². The molecule has 1 aromatic carbocycles. The van der Waals surface area contributed by atoms with Crippen LogP contribution in [0.15, 0.2) is 24.3 Å². The number of hydrogen-bond donors (Lipinski definition) is 2. The highest BCUT2D eigenvalue weighted by molar-refractivity contribution is 5.48. The van der Waals surface area contributed by atoms with E-state index in [9.17, 15) is 0 Å². The summed E-state index contributed by atoms with van der Waals surface area (Å²) in [7, 11) is 1.69. The van der Waals surface area contributed by atoms with Gasteiger partial charge in [0, 0.05) is 24.3 Å². The summed E-state index contributed by atoms with van der Waals surface area (Å²) in [4.78, 5) is 0. The molecular weight excluding hydrogens is 212 g/mol. The molecule has 17 heavy (non-hydrogen) atoms. The van der Waals surface area contributed by atoms with Crippen LogP contribution in [0.4, 0.5) is 5.69 Å². The van der Waals surface area contributed by atoms with Crippen molar-refractivity contribution in [1.82, 2.24) is 0 Å². The van der Waals surface area contributed by atoms with Gasteiger partial charge >= 0.3 is 0 Å². The summed E-state index contributed by atoms with van der Waals surface area (Å²) >= 11 is 0. The predicted octanol–water partition coefficient (Wildman–Crippen LogP) is 2.62. The lowest BCUT2D eigenvalue weighted by Crippen LogP contribution is -2.30. The standard InChI is InChI=1S/C14H22N2O/c1-17-14-7-3-6-13(9-14)16-10-11-4-2-5-12(15)8-11/h3,6-7,9,11-12,16H,2,4-5,8,10,15H2,1H3. The van der Waals surface area contributed by atoms with Crippen LogP contribution in [0.2, 0.25) is 0 Å². The van der Waals surface area contributed by atoms with Crippen LogP contribution in [0.5, 0.6) is 5.75 Å². The van der Waals surface area contributed by atoms with Crippen molar-refractivity contribution in [3.8, 4) is 5.75 Å². The van der Waals surface area contributed by atoms with E-state index >= 15 is 0 Å². The molecule has 3 N–H and O–H groups in total. The molecule has 1 saturated carbocycles. The van der Waals surface area contributed by atoms with Crippen LogP contribution < -0.4 is 15.8 Å². The second-order valence-corrected chi connectivity index (χ2v) is 4.91. The van der Waals surface area contributed by atoms with Gasteiger partial charge < -0.3 is 15.8 Å². The Hall–Kier alpha value is -1.22. The summed E-state index contributed by atoms with van der Waals surface area (Å²) in [6, 6.07) is 8.48. The van der Waals surface area contributed by atoms with Gasteiger partial charge in [0.05, 0.1) is 7.11 Å². The van der Waals surface area contributed by atoms with Crippen LogP contribution in [0, 0.1) is 5.92 Å². The molecule has 94 valence electrons. The van der Waals surface area contributed by atoms with E-state index in [2.05, 4.69) is 11.4 Å². The summed E-state index contributed by atoms with van der Waals surface area (Å²) in [5.41, 5.74) is 7.12. The summed E-state index contributed by atoms with van der Waals surface area (Å²) < 4.78 is 5.20. The zero-order chi connectivity index (χ0) is 12.1. The van der Waals surface area contributed by atoms with Crippen LogP contribution in [0.1, 0.15) is 25.7 Å². The van der Waals surface area contributed by atoms with Crippen molar-refractivity contribution >= 4 is 5.69 Å². The molecular formula is C14H22N2O. The number of benzene rings is 1. The average molecular weight is 234 g/mol. The second kappa shape index (κ2) is 5.92. The number of ether oxygens (including phenoxy) is 1. The first kappa shape index (κ1) is 12.2. The summed E-state index contributed by atoms with van der Waals surface area (Å²) in [5, 5.41) is 3.47. The maximum absolute atomic E-state index is 5.99. The Bertz CT molecular complexity index is 354.